The Balaban J connectivity index is 1.56. The van der Waals surface area contributed by atoms with E-state index in [0.29, 0.717) is 20.8 Å². The maximum atomic E-state index is 12.5. The molecule has 1 aromatic carbocycles. The van der Waals surface area contributed by atoms with Crippen LogP contribution in [0, 0.1) is 13.8 Å². The molecule has 3 aromatic heterocycles. The fourth-order valence-corrected chi connectivity index (χ4v) is 4.12. The smallest absolute Gasteiger partial charge is 0.290 e. The van der Waals surface area contributed by atoms with Crippen molar-refractivity contribution in [2.24, 2.45) is 0 Å². The largest absolute Gasteiger partial charge is 0.397 e. The van der Waals surface area contributed by atoms with Crippen molar-refractivity contribution in [1.82, 2.24) is 26.0 Å². The summed E-state index contributed by atoms with van der Waals surface area (Å²) in [5, 5.41) is 8.21. The van der Waals surface area contributed by atoms with Gasteiger partial charge in [-0.1, -0.05) is 18.2 Å². The highest BCUT2D eigenvalue weighted by Crippen LogP contribution is 2.34. The molecule has 5 N–H and O–H groups in total. The number of para-hydroxylation sites is 1. The third-order valence-corrected chi connectivity index (χ3v) is 5.30. The second-order valence-corrected chi connectivity index (χ2v) is 7.13. The van der Waals surface area contributed by atoms with Crippen LogP contribution in [0.5, 0.6) is 0 Å². The summed E-state index contributed by atoms with van der Waals surface area (Å²) in [7, 11) is 0. The number of fused-ring (bicyclic) bond motifs is 2. The Morgan fingerprint density at radius 3 is 2.70 bits per heavy atom. The molecule has 0 saturated carbocycles. The zero-order valence-electron chi connectivity index (χ0n) is 14.6. The van der Waals surface area contributed by atoms with Gasteiger partial charge in [0.1, 0.15) is 9.71 Å². The van der Waals surface area contributed by atoms with E-state index in [2.05, 4.69) is 26.0 Å². The van der Waals surface area contributed by atoms with Crippen molar-refractivity contribution in [2.45, 2.75) is 13.8 Å². The number of nitrogen functional groups attached to an aromatic ring is 1. The number of hydrazine groups is 1. The van der Waals surface area contributed by atoms with Crippen LogP contribution in [0.1, 0.15) is 31.4 Å². The third-order valence-electron chi connectivity index (χ3n) is 4.21. The van der Waals surface area contributed by atoms with Gasteiger partial charge in [0.05, 0.1) is 11.2 Å². The lowest BCUT2D eigenvalue weighted by Crippen LogP contribution is -2.41. The number of nitrogens with one attached hydrogen (secondary N) is 3. The van der Waals surface area contributed by atoms with E-state index in [1.165, 1.54) is 11.3 Å². The molecule has 0 spiro atoms. The van der Waals surface area contributed by atoms with Crippen molar-refractivity contribution in [3.8, 4) is 0 Å². The zero-order valence-corrected chi connectivity index (χ0v) is 15.4. The number of hydrogen-bond donors (Lipinski definition) is 4. The molecular formula is C18H16N6O2S. The van der Waals surface area contributed by atoms with Crippen molar-refractivity contribution >= 4 is 50.0 Å². The molecule has 0 radical (unpaired) electrons. The van der Waals surface area contributed by atoms with Gasteiger partial charge in [-0.15, -0.1) is 11.3 Å². The first-order chi connectivity index (χ1) is 13.0. The Kier molecular flexibility index (Phi) is 4.00. The van der Waals surface area contributed by atoms with E-state index < -0.39 is 11.8 Å². The first-order valence-corrected chi connectivity index (χ1v) is 8.97. The minimum absolute atomic E-state index is 0.198. The second-order valence-electron chi connectivity index (χ2n) is 6.13. The molecule has 0 atom stereocenters. The standard InChI is InChI=1S/C18H16N6O2S/c1-8-7-9(2)20-18-12(8)13(19)15(27-18)17(26)24-23-16(25)14-10-5-3-4-6-11(10)21-22-14/h3-7H,19H2,1-2H3,(H,21,22)(H,23,25)(H,24,26). The van der Waals surface area contributed by atoms with Crippen LogP contribution in [0.2, 0.25) is 0 Å². The van der Waals surface area contributed by atoms with Gasteiger partial charge in [-0.25, -0.2) is 4.98 Å². The number of aromatic amines is 1. The average molecular weight is 380 g/mol. The highest BCUT2D eigenvalue weighted by Gasteiger charge is 2.20. The summed E-state index contributed by atoms with van der Waals surface area (Å²) in [6, 6.07) is 9.15. The van der Waals surface area contributed by atoms with Gasteiger partial charge in [0, 0.05) is 16.5 Å². The minimum Gasteiger partial charge on any atom is -0.397 e. The lowest BCUT2D eigenvalue weighted by atomic mass is 10.1. The number of carbonyl (C=O) groups excluding carboxylic acids is 2. The van der Waals surface area contributed by atoms with Crippen molar-refractivity contribution in [2.75, 3.05) is 5.73 Å². The first kappa shape index (κ1) is 17.0. The molecule has 0 aliphatic heterocycles. The molecule has 0 aliphatic carbocycles. The van der Waals surface area contributed by atoms with E-state index >= 15 is 0 Å². The molecule has 9 heteroatoms. The van der Waals surface area contributed by atoms with Crippen LogP contribution in [0.15, 0.2) is 30.3 Å². The van der Waals surface area contributed by atoms with E-state index in [1.807, 2.05) is 38.1 Å². The number of aryl methyl sites for hydroxylation is 2. The number of nitrogens with two attached hydrogens (primary N) is 1. The Morgan fingerprint density at radius 2 is 1.89 bits per heavy atom. The number of pyridine rings is 1. The van der Waals surface area contributed by atoms with Crippen molar-refractivity contribution in [3.05, 3.63) is 52.2 Å². The minimum atomic E-state index is -0.523. The van der Waals surface area contributed by atoms with Gasteiger partial charge in [0.2, 0.25) is 0 Å². The number of nitrogens with zero attached hydrogens (tertiary/aromatic N) is 2. The van der Waals surface area contributed by atoms with Gasteiger partial charge in [-0.3, -0.25) is 25.5 Å². The van der Waals surface area contributed by atoms with E-state index in [9.17, 15) is 9.59 Å². The van der Waals surface area contributed by atoms with Gasteiger partial charge in [-0.05, 0) is 31.5 Å². The van der Waals surface area contributed by atoms with Crippen LogP contribution in [-0.2, 0) is 0 Å². The van der Waals surface area contributed by atoms with Crippen molar-refractivity contribution in [1.29, 1.82) is 0 Å². The summed E-state index contributed by atoms with van der Waals surface area (Å²) < 4.78 is 0. The summed E-state index contributed by atoms with van der Waals surface area (Å²) >= 11 is 1.19. The molecule has 4 rings (SSSR count). The number of aromatic nitrogens is 3. The number of carbonyl (C=O) groups is 2. The van der Waals surface area contributed by atoms with Crippen LogP contribution < -0.4 is 16.6 Å². The maximum Gasteiger partial charge on any atom is 0.290 e. The molecule has 3 heterocycles. The summed E-state index contributed by atoms with van der Waals surface area (Å²) in [4.78, 5) is 30.3. The number of rotatable bonds is 2. The lowest BCUT2D eigenvalue weighted by Gasteiger charge is -2.05. The molecule has 4 aromatic rings. The number of H-pyrrole nitrogens is 1. The predicted octanol–water partition coefficient (Wildman–Crippen LogP) is 2.45. The molecule has 8 nitrogen and oxygen atoms in total. The van der Waals surface area contributed by atoms with E-state index in [4.69, 9.17) is 5.73 Å². The number of thiophene rings is 1. The SMILES string of the molecule is Cc1cc(C)c2c(N)c(C(=O)NNC(=O)c3n[nH]c4ccccc34)sc2n1. The van der Waals surface area contributed by atoms with Crippen LogP contribution in [0.25, 0.3) is 21.1 Å². The topological polar surface area (TPSA) is 126 Å². The molecule has 0 saturated heterocycles. The van der Waals surface area contributed by atoms with Crippen molar-refractivity contribution in [3.63, 3.8) is 0 Å². The van der Waals surface area contributed by atoms with Crippen LogP contribution in [-0.4, -0.2) is 27.0 Å². The average Bonchev–Trinajstić information content (AvgIpc) is 3.21. The molecular weight excluding hydrogens is 364 g/mol. The highest BCUT2D eigenvalue weighted by molar-refractivity contribution is 7.21. The quantitative estimate of drug-likeness (QED) is 0.397. The molecule has 27 heavy (non-hydrogen) atoms. The number of benzene rings is 1. The van der Waals surface area contributed by atoms with Gasteiger partial charge in [0.15, 0.2) is 5.69 Å². The van der Waals surface area contributed by atoms with Crippen LogP contribution >= 0.6 is 11.3 Å². The summed E-state index contributed by atoms with van der Waals surface area (Å²) in [6.45, 7) is 3.81. The van der Waals surface area contributed by atoms with Gasteiger partial charge in [0.25, 0.3) is 11.8 Å². The Labute approximate surface area is 157 Å². The van der Waals surface area contributed by atoms with E-state index in [1.54, 1.807) is 6.07 Å². The molecule has 0 unspecified atom stereocenters. The molecule has 0 aliphatic rings. The summed E-state index contributed by atoms with van der Waals surface area (Å²) in [5.41, 5.74) is 14.0. The fourth-order valence-electron chi connectivity index (χ4n) is 3.00. The second kappa shape index (κ2) is 6.36. The molecule has 2 amide bonds. The van der Waals surface area contributed by atoms with E-state index in [0.717, 1.165) is 22.2 Å². The normalized spacial score (nSPS) is 11.0. The third kappa shape index (κ3) is 2.87. The Morgan fingerprint density at radius 1 is 1.15 bits per heavy atom. The molecule has 0 fully saturated rings. The fraction of sp³-hybridized carbons (Fsp3) is 0.111. The van der Waals surface area contributed by atoms with Gasteiger partial charge >= 0.3 is 0 Å². The number of anilines is 1. The van der Waals surface area contributed by atoms with Crippen molar-refractivity contribution < 1.29 is 9.59 Å². The molecule has 0 bridgehead atoms. The lowest BCUT2D eigenvalue weighted by molar-refractivity contribution is 0.0847. The highest BCUT2D eigenvalue weighted by atomic mass is 32.1. The van der Waals surface area contributed by atoms with Crippen LogP contribution in [0.4, 0.5) is 5.69 Å². The Hall–Kier alpha value is -3.46. The Bertz CT molecular complexity index is 1210. The summed E-state index contributed by atoms with van der Waals surface area (Å²) in [5.74, 6) is -1.02. The zero-order chi connectivity index (χ0) is 19.1. The van der Waals surface area contributed by atoms with E-state index in [-0.39, 0.29) is 5.69 Å². The maximum absolute atomic E-state index is 12.5. The summed E-state index contributed by atoms with van der Waals surface area (Å²) in [6.07, 6.45) is 0. The van der Waals surface area contributed by atoms with Gasteiger partial charge < -0.3 is 5.73 Å². The monoisotopic (exact) mass is 380 g/mol. The van der Waals surface area contributed by atoms with Crippen LogP contribution in [0.3, 0.4) is 0 Å². The number of hydrogen-bond acceptors (Lipinski definition) is 6. The predicted molar refractivity (Wildman–Crippen MR) is 105 cm³/mol. The van der Waals surface area contributed by atoms with Gasteiger partial charge in [-0.2, -0.15) is 5.10 Å². The molecule has 136 valence electrons. The number of amides is 2. The first-order valence-electron chi connectivity index (χ1n) is 8.15.